The van der Waals surface area contributed by atoms with E-state index in [0.29, 0.717) is 73.8 Å². The number of alkyl halides is 1. The van der Waals surface area contributed by atoms with Gasteiger partial charge in [-0.15, -0.1) is 0 Å². The average Bonchev–Trinajstić information content (AvgIpc) is 3.96. The van der Waals surface area contributed by atoms with Gasteiger partial charge in [-0.05, 0) is 83.8 Å². The van der Waals surface area contributed by atoms with Crippen molar-refractivity contribution in [1.29, 1.82) is 0 Å². The van der Waals surface area contributed by atoms with E-state index in [0.717, 1.165) is 6.42 Å². The van der Waals surface area contributed by atoms with E-state index in [4.69, 9.17) is 14.2 Å². The number of benzene rings is 1. The minimum atomic E-state index is -4.01. The van der Waals surface area contributed by atoms with Gasteiger partial charge in [0.2, 0.25) is 27.7 Å². The molecule has 3 saturated carbocycles. The number of nitrogens with zero attached hydrogens (tertiary/aromatic N) is 3. The number of ether oxygens (including phenoxy) is 3. The Balaban J connectivity index is 1.18. The number of rotatable bonds is 8. The Hall–Kier alpha value is -4.54. The molecular weight excluding hydrogens is 736 g/mol. The van der Waals surface area contributed by atoms with Crippen LogP contribution in [0.15, 0.2) is 30.4 Å². The number of fused-ring (bicyclic) bond motifs is 3. The van der Waals surface area contributed by atoms with Gasteiger partial charge in [0.25, 0.3) is 5.91 Å². The van der Waals surface area contributed by atoms with Crippen LogP contribution in [0.5, 0.6) is 11.6 Å². The van der Waals surface area contributed by atoms with E-state index >= 15 is 0 Å². The van der Waals surface area contributed by atoms with E-state index in [-0.39, 0.29) is 31.7 Å². The molecule has 2 aliphatic heterocycles. The second kappa shape index (κ2) is 15.2. The lowest BCUT2D eigenvalue weighted by Crippen LogP contribution is -2.58. The van der Waals surface area contributed by atoms with Crippen molar-refractivity contribution < 1.29 is 46.2 Å². The molecule has 0 unspecified atom stereocenters. The molecule has 17 heteroatoms. The van der Waals surface area contributed by atoms with Crippen LogP contribution >= 0.6 is 0 Å². The fraction of sp³-hybridized carbons (Fsp3) is 0.632. The molecule has 1 aromatic heterocycles. The largest absolute Gasteiger partial charge is 0.497 e. The molecule has 7 rings (SSSR count). The third-order valence-electron chi connectivity index (χ3n) is 11.7. The normalized spacial score (nSPS) is 31.2. The molecule has 3 aliphatic carbocycles. The molecule has 3 N–H and O–H groups in total. The molecule has 2 aromatic rings. The van der Waals surface area contributed by atoms with Crippen molar-refractivity contribution in [2.75, 3.05) is 13.7 Å². The first-order chi connectivity index (χ1) is 26.2. The summed E-state index contributed by atoms with van der Waals surface area (Å²) in [5.41, 5.74) is 0.0568. The predicted molar refractivity (Wildman–Crippen MR) is 197 cm³/mol. The molecule has 0 spiro atoms. The zero-order chi connectivity index (χ0) is 39.1. The van der Waals surface area contributed by atoms with E-state index in [1.165, 1.54) is 12.0 Å². The molecule has 4 fully saturated rings. The zero-order valence-electron chi connectivity index (χ0n) is 31.3. The Morgan fingerprint density at radius 3 is 2.58 bits per heavy atom. The Labute approximate surface area is 319 Å². The van der Waals surface area contributed by atoms with Gasteiger partial charge in [-0.2, -0.15) is 0 Å². The fourth-order valence-corrected chi connectivity index (χ4v) is 9.09. The number of carbonyl (C=O) groups is 4. The van der Waals surface area contributed by atoms with Crippen LogP contribution in [0, 0.1) is 12.8 Å². The summed E-state index contributed by atoms with van der Waals surface area (Å²) in [6.45, 7) is 3.23. The molecule has 55 heavy (non-hydrogen) atoms. The van der Waals surface area contributed by atoms with Gasteiger partial charge in [0.05, 0.1) is 29.4 Å². The summed E-state index contributed by atoms with van der Waals surface area (Å²) >= 11 is 0. The lowest BCUT2D eigenvalue weighted by Gasteiger charge is -2.30. The van der Waals surface area contributed by atoms with Crippen molar-refractivity contribution in [3.05, 3.63) is 36.0 Å². The number of nitrogens with one attached hydrogen (secondary N) is 3. The Morgan fingerprint density at radius 2 is 1.85 bits per heavy atom. The number of allylic oxidation sites excluding steroid dienone is 1. The maximum Gasteiger partial charge on any atom is 0.408 e. The number of hydrogen-bond acceptors (Lipinski definition) is 11. The quantitative estimate of drug-likeness (QED) is 0.331. The van der Waals surface area contributed by atoms with Crippen molar-refractivity contribution in [2.45, 2.75) is 132 Å². The standard InChI is InChI=1S/C38H49FN6O9S/c1-22-33(41-29-18-24(52-3)14-15-27(29)40-22)53-25-19-30-32(46)43-38(35(48)44-55(50,51)37(2)16-17-37)20-23(38)10-7-5-4-6-8-12-28(34(47)45(30)21-25)42-36(49)54-31-13-9-11-26(31)39/h7,10,14-15,18,23,25-26,28,30-31H,4-6,8-9,11-13,16-17,19-21H2,1-3H3,(H,42,49)(H,43,46)(H,44,48)/b10-7-/t23-,25-,26-,28+,30+,31-,38-/m1/s1. The smallest absolute Gasteiger partial charge is 0.408 e. The first-order valence-electron chi connectivity index (χ1n) is 19.2. The van der Waals surface area contributed by atoms with Crippen molar-refractivity contribution in [3.8, 4) is 11.6 Å². The molecule has 1 aromatic carbocycles. The first-order valence-corrected chi connectivity index (χ1v) is 20.7. The number of hydrogen-bond donors (Lipinski definition) is 3. The van der Waals surface area contributed by atoms with E-state index in [2.05, 4.69) is 25.3 Å². The predicted octanol–water partition coefficient (Wildman–Crippen LogP) is 3.67. The number of aryl methyl sites for hydroxylation is 1. The molecule has 0 radical (unpaired) electrons. The van der Waals surface area contributed by atoms with E-state index in [1.54, 1.807) is 32.0 Å². The van der Waals surface area contributed by atoms with Gasteiger partial charge < -0.3 is 29.7 Å². The van der Waals surface area contributed by atoms with E-state index in [9.17, 15) is 32.0 Å². The minimum Gasteiger partial charge on any atom is -0.497 e. The van der Waals surface area contributed by atoms with Crippen LogP contribution in [-0.2, 0) is 29.1 Å². The highest BCUT2D eigenvalue weighted by Crippen LogP contribution is 2.47. The van der Waals surface area contributed by atoms with Gasteiger partial charge in [0, 0.05) is 18.4 Å². The molecule has 15 nitrogen and oxygen atoms in total. The maximum absolute atomic E-state index is 14.5. The van der Waals surface area contributed by atoms with Gasteiger partial charge in [0.1, 0.15) is 47.4 Å². The van der Waals surface area contributed by atoms with Crippen molar-refractivity contribution in [2.24, 2.45) is 5.92 Å². The number of methoxy groups -OCH3 is 1. The Morgan fingerprint density at radius 1 is 1.05 bits per heavy atom. The van der Waals surface area contributed by atoms with Gasteiger partial charge in [-0.3, -0.25) is 19.1 Å². The number of carbonyl (C=O) groups excluding carboxylic acids is 4. The highest BCUT2D eigenvalue weighted by Gasteiger charge is 2.63. The summed E-state index contributed by atoms with van der Waals surface area (Å²) in [6.07, 6.45) is 5.08. The molecule has 4 amide bonds. The lowest BCUT2D eigenvalue weighted by molar-refractivity contribution is -0.141. The lowest BCUT2D eigenvalue weighted by atomic mass is 10.0. The second-order valence-corrected chi connectivity index (χ2v) is 18.0. The minimum absolute atomic E-state index is 0.00775. The molecule has 3 heterocycles. The molecule has 7 atom stereocenters. The molecule has 298 valence electrons. The number of halogens is 1. The van der Waals surface area contributed by atoms with Crippen LogP contribution in [0.1, 0.15) is 89.7 Å². The summed E-state index contributed by atoms with van der Waals surface area (Å²) in [6, 6.07) is 2.97. The summed E-state index contributed by atoms with van der Waals surface area (Å²) in [5, 5.41) is 5.51. The first kappa shape index (κ1) is 38.7. The Bertz CT molecular complexity index is 1990. The summed E-state index contributed by atoms with van der Waals surface area (Å²) in [4.78, 5) is 66.4. The van der Waals surface area contributed by atoms with Gasteiger partial charge >= 0.3 is 6.09 Å². The van der Waals surface area contributed by atoms with Crippen molar-refractivity contribution >= 4 is 44.9 Å². The van der Waals surface area contributed by atoms with Crippen molar-refractivity contribution in [1.82, 2.24) is 30.2 Å². The highest BCUT2D eigenvalue weighted by molar-refractivity contribution is 7.91. The van der Waals surface area contributed by atoms with Gasteiger partial charge in [-0.25, -0.2) is 27.6 Å². The Kier molecular flexibility index (Phi) is 10.7. The fourth-order valence-electron chi connectivity index (χ4n) is 7.78. The van der Waals surface area contributed by atoms with Gasteiger partial charge in [-0.1, -0.05) is 25.0 Å². The molecular formula is C38H49FN6O9S. The second-order valence-electron chi connectivity index (χ2n) is 15.8. The van der Waals surface area contributed by atoms with Crippen LogP contribution in [0.2, 0.25) is 0 Å². The third kappa shape index (κ3) is 8.07. The van der Waals surface area contributed by atoms with Crippen LogP contribution in [0.4, 0.5) is 9.18 Å². The number of sulfonamides is 1. The van der Waals surface area contributed by atoms with E-state index in [1.807, 2.05) is 12.2 Å². The van der Waals surface area contributed by atoms with Gasteiger partial charge in [0.15, 0.2) is 0 Å². The maximum atomic E-state index is 14.5. The summed E-state index contributed by atoms with van der Waals surface area (Å²) in [5.74, 6) is -1.76. The number of alkyl carbamates (subject to hydrolysis) is 1. The monoisotopic (exact) mass is 784 g/mol. The summed E-state index contributed by atoms with van der Waals surface area (Å²) < 4.78 is 58.9. The van der Waals surface area contributed by atoms with E-state index < -0.39 is 80.5 Å². The van der Waals surface area contributed by atoms with Crippen LogP contribution < -0.4 is 24.8 Å². The SMILES string of the molecule is COc1ccc2nc(C)c(O[C@@H]3C[C@H]4C(=O)N[C@]5(C(=O)NS(=O)(=O)C6(C)CC6)C[C@H]5/C=C\CCCCC[C@H](NC(=O)O[C@@H]5CCC[C@H]5F)C(=O)N4C3)nc2c1. The summed E-state index contributed by atoms with van der Waals surface area (Å²) in [7, 11) is -2.47. The van der Waals surface area contributed by atoms with Crippen LogP contribution in [0.25, 0.3) is 11.0 Å². The molecule has 1 saturated heterocycles. The number of aromatic nitrogens is 2. The molecule has 5 aliphatic rings. The van der Waals surface area contributed by atoms with Crippen LogP contribution in [-0.4, -0.2) is 102 Å². The molecule has 0 bridgehead atoms. The van der Waals surface area contributed by atoms with Crippen LogP contribution in [0.3, 0.4) is 0 Å². The number of amides is 4. The topological polar surface area (TPSA) is 195 Å². The average molecular weight is 785 g/mol. The third-order valence-corrected chi connectivity index (χ3v) is 13.8. The highest BCUT2D eigenvalue weighted by atomic mass is 32.2. The van der Waals surface area contributed by atoms with Crippen molar-refractivity contribution in [3.63, 3.8) is 0 Å². The zero-order valence-corrected chi connectivity index (χ0v) is 32.2.